The fourth-order valence-electron chi connectivity index (χ4n) is 2.24. The molecule has 0 bridgehead atoms. The first-order valence-electron chi connectivity index (χ1n) is 7.08. The monoisotopic (exact) mass is 329 g/mol. The lowest BCUT2D eigenvalue weighted by atomic mass is 10.0. The number of H-pyrrole nitrogens is 1. The highest BCUT2D eigenvalue weighted by Crippen LogP contribution is 2.21. The van der Waals surface area contributed by atoms with E-state index in [9.17, 15) is 18.7 Å². The zero-order valence-electron chi connectivity index (χ0n) is 12.3. The number of anilines is 1. The van der Waals surface area contributed by atoms with Gasteiger partial charge in [-0.05, 0) is 30.3 Å². The number of aliphatic hydroxyl groups is 1. The Bertz CT molecular complexity index is 845. The number of aliphatic hydroxyl groups excluding tert-OH is 1. The summed E-state index contributed by atoms with van der Waals surface area (Å²) in [5.41, 5.74) is 0.330. The van der Waals surface area contributed by atoms with Crippen LogP contribution in [0.2, 0.25) is 0 Å². The van der Waals surface area contributed by atoms with Gasteiger partial charge in [-0.15, -0.1) is 0 Å². The maximum Gasteiger partial charge on any atom is 0.200 e. The Kier molecular flexibility index (Phi) is 4.35. The average molecular weight is 329 g/mol. The standard InChI is InChI=1S/C17H13F2N3O2/c18-12-2-1-3-13(19)15(12)16(23)10-8-14(21-9-10)17(24)22-11-4-6-20-7-5-11/h1-9,17,21,24H,(H,20,22). The van der Waals surface area contributed by atoms with Crippen LogP contribution in [0.25, 0.3) is 0 Å². The minimum absolute atomic E-state index is 0.0459. The van der Waals surface area contributed by atoms with E-state index in [4.69, 9.17) is 0 Å². The van der Waals surface area contributed by atoms with Crippen LogP contribution in [0.5, 0.6) is 0 Å². The number of halogens is 2. The number of aromatic amines is 1. The van der Waals surface area contributed by atoms with Gasteiger partial charge in [0.15, 0.2) is 12.0 Å². The fourth-order valence-corrected chi connectivity index (χ4v) is 2.24. The molecule has 24 heavy (non-hydrogen) atoms. The normalized spacial score (nSPS) is 12.0. The average Bonchev–Trinajstić information content (AvgIpc) is 3.05. The van der Waals surface area contributed by atoms with Crippen molar-refractivity contribution in [3.05, 3.63) is 83.4 Å². The van der Waals surface area contributed by atoms with Crippen molar-refractivity contribution in [3.63, 3.8) is 0 Å². The summed E-state index contributed by atoms with van der Waals surface area (Å²) in [5, 5.41) is 12.9. The first-order chi connectivity index (χ1) is 11.6. The fraction of sp³-hybridized carbons (Fsp3) is 0.0588. The van der Waals surface area contributed by atoms with Crippen LogP contribution >= 0.6 is 0 Å². The molecule has 2 heterocycles. The number of pyridine rings is 1. The van der Waals surface area contributed by atoms with Crippen LogP contribution in [0.4, 0.5) is 14.5 Å². The SMILES string of the molecule is O=C(c1c[nH]c(C(O)Nc2ccncc2)c1)c1c(F)cccc1F. The molecule has 5 nitrogen and oxygen atoms in total. The summed E-state index contributed by atoms with van der Waals surface area (Å²) in [6.07, 6.45) is 3.28. The highest BCUT2D eigenvalue weighted by molar-refractivity contribution is 6.09. The van der Waals surface area contributed by atoms with Crippen LogP contribution in [0.3, 0.4) is 0 Å². The molecule has 3 N–H and O–H groups in total. The molecule has 1 aromatic carbocycles. The number of benzene rings is 1. The number of aromatic nitrogens is 2. The van der Waals surface area contributed by atoms with E-state index in [1.54, 1.807) is 24.5 Å². The molecule has 0 amide bonds. The van der Waals surface area contributed by atoms with E-state index in [0.29, 0.717) is 5.69 Å². The second kappa shape index (κ2) is 6.59. The first-order valence-corrected chi connectivity index (χ1v) is 7.08. The molecule has 0 saturated carbocycles. The predicted molar refractivity (Wildman–Crippen MR) is 83.4 cm³/mol. The molecule has 0 radical (unpaired) electrons. The minimum Gasteiger partial charge on any atom is -0.368 e. The Morgan fingerprint density at radius 2 is 1.83 bits per heavy atom. The smallest absolute Gasteiger partial charge is 0.200 e. The lowest BCUT2D eigenvalue weighted by molar-refractivity contribution is 0.103. The molecular formula is C17H13F2N3O2. The van der Waals surface area contributed by atoms with Crippen LogP contribution in [0.15, 0.2) is 55.0 Å². The molecule has 0 aliphatic rings. The number of carbonyl (C=O) groups excluding carboxylic acids is 1. The van der Waals surface area contributed by atoms with Crippen molar-refractivity contribution >= 4 is 11.5 Å². The number of hydrogen-bond acceptors (Lipinski definition) is 4. The molecule has 3 aromatic rings. The molecule has 2 aromatic heterocycles. The first kappa shape index (κ1) is 15.8. The van der Waals surface area contributed by atoms with E-state index >= 15 is 0 Å². The number of hydrogen-bond donors (Lipinski definition) is 3. The quantitative estimate of drug-likeness (QED) is 0.497. The molecule has 1 unspecified atom stereocenters. The van der Waals surface area contributed by atoms with Gasteiger partial charge >= 0.3 is 0 Å². The molecule has 3 rings (SSSR count). The van der Waals surface area contributed by atoms with E-state index in [1.165, 1.54) is 18.3 Å². The van der Waals surface area contributed by atoms with Crippen molar-refractivity contribution < 1.29 is 18.7 Å². The van der Waals surface area contributed by atoms with E-state index < -0.39 is 29.2 Å². The topological polar surface area (TPSA) is 78.0 Å². The molecule has 122 valence electrons. The van der Waals surface area contributed by atoms with E-state index in [-0.39, 0.29) is 11.3 Å². The van der Waals surface area contributed by atoms with Crippen LogP contribution in [0, 0.1) is 11.6 Å². The Morgan fingerprint density at radius 3 is 2.50 bits per heavy atom. The van der Waals surface area contributed by atoms with E-state index in [2.05, 4.69) is 15.3 Å². The molecule has 0 aliphatic heterocycles. The third kappa shape index (κ3) is 3.16. The van der Waals surface area contributed by atoms with Gasteiger partial charge in [0.25, 0.3) is 0 Å². The largest absolute Gasteiger partial charge is 0.368 e. The Labute approximate surface area is 136 Å². The van der Waals surface area contributed by atoms with Crippen molar-refractivity contribution in [3.8, 4) is 0 Å². The van der Waals surface area contributed by atoms with Gasteiger partial charge in [-0.2, -0.15) is 0 Å². The lowest BCUT2D eigenvalue weighted by Gasteiger charge is -2.12. The maximum absolute atomic E-state index is 13.7. The highest BCUT2D eigenvalue weighted by atomic mass is 19.1. The van der Waals surface area contributed by atoms with Gasteiger partial charge in [0, 0.05) is 29.8 Å². The summed E-state index contributed by atoms with van der Waals surface area (Å²) >= 11 is 0. The van der Waals surface area contributed by atoms with Crippen molar-refractivity contribution in [1.82, 2.24) is 9.97 Å². The lowest BCUT2D eigenvalue weighted by Crippen LogP contribution is -2.10. The molecule has 7 heteroatoms. The zero-order chi connectivity index (χ0) is 17.1. The van der Waals surface area contributed by atoms with Gasteiger partial charge in [0.2, 0.25) is 0 Å². The van der Waals surface area contributed by atoms with Crippen LogP contribution < -0.4 is 5.32 Å². The predicted octanol–water partition coefficient (Wildman–Crippen LogP) is 3.02. The third-order valence-corrected chi connectivity index (χ3v) is 3.44. The van der Waals surface area contributed by atoms with Gasteiger partial charge in [-0.3, -0.25) is 9.78 Å². The highest BCUT2D eigenvalue weighted by Gasteiger charge is 2.21. The molecule has 0 spiro atoms. The van der Waals surface area contributed by atoms with Crippen molar-refractivity contribution in [2.75, 3.05) is 5.32 Å². The number of nitrogens with zero attached hydrogens (tertiary/aromatic N) is 1. The van der Waals surface area contributed by atoms with Crippen LogP contribution in [-0.4, -0.2) is 20.9 Å². The number of carbonyl (C=O) groups is 1. The van der Waals surface area contributed by atoms with Crippen LogP contribution in [0.1, 0.15) is 27.8 Å². The Balaban J connectivity index is 1.81. The number of rotatable bonds is 5. The van der Waals surface area contributed by atoms with Gasteiger partial charge in [-0.1, -0.05) is 6.07 Å². The number of nitrogens with one attached hydrogen (secondary N) is 2. The zero-order valence-corrected chi connectivity index (χ0v) is 12.3. The van der Waals surface area contributed by atoms with Gasteiger partial charge < -0.3 is 15.4 Å². The summed E-state index contributed by atoms with van der Waals surface area (Å²) in [4.78, 5) is 18.9. The molecule has 0 aliphatic carbocycles. The summed E-state index contributed by atoms with van der Waals surface area (Å²) in [7, 11) is 0. The summed E-state index contributed by atoms with van der Waals surface area (Å²) < 4.78 is 27.4. The molecule has 0 saturated heterocycles. The van der Waals surface area contributed by atoms with Crippen molar-refractivity contribution in [1.29, 1.82) is 0 Å². The van der Waals surface area contributed by atoms with Gasteiger partial charge in [-0.25, -0.2) is 8.78 Å². The second-order valence-corrected chi connectivity index (χ2v) is 5.05. The molecule has 1 atom stereocenters. The van der Waals surface area contributed by atoms with Crippen molar-refractivity contribution in [2.24, 2.45) is 0 Å². The minimum atomic E-state index is -1.13. The van der Waals surface area contributed by atoms with E-state index in [1.807, 2.05) is 0 Å². The van der Waals surface area contributed by atoms with Crippen LogP contribution in [-0.2, 0) is 0 Å². The number of ketones is 1. The molecule has 0 fully saturated rings. The Hall–Kier alpha value is -3.06. The third-order valence-electron chi connectivity index (χ3n) is 3.44. The second-order valence-electron chi connectivity index (χ2n) is 5.05. The summed E-state index contributed by atoms with van der Waals surface area (Å²) in [6.45, 7) is 0. The summed E-state index contributed by atoms with van der Waals surface area (Å²) in [6, 6.07) is 7.88. The van der Waals surface area contributed by atoms with E-state index in [0.717, 1.165) is 12.1 Å². The maximum atomic E-state index is 13.7. The van der Waals surface area contributed by atoms with Crippen molar-refractivity contribution in [2.45, 2.75) is 6.23 Å². The Morgan fingerprint density at radius 1 is 1.17 bits per heavy atom. The van der Waals surface area contributed by atoms with Gasteiger partial charge in [0.1, 0.15) is 11.6 Å². The summed E-state index contributed by atoms with van der Waals surface area (Å²) in [5.74, 6) is -2.67. The molecular weight excluding hydrogens is 316 g/mol. The van der Waals surface area contributed by atoms with Gasteiger partial charge in [0.05, 0.1) is 11.3 Å².